The van der Waals surface area contributed by atoms with Crippen LogP contribution in [0.1, 0.15) is 18.5 Å². The molecule has 106 valence electrons. The Labute approximate surface area is 115 Å². The summed E-state index contributed by atoms with van der Waals surface area (Å²) in [6, 6.07) is 7.05. The number of nitrogens with one attached hydrogen (secondary N) is 1. The van der Waals surface area contributed by atoms with Crippen LogP contribution in [-0.4, -0.2) is 56.1 Å². The SMILES string of the molecule is C[C@@H](NCCN1CCN(C)CC1)c1ccccc1F. The third-order valence-corrected chi connectivity index (χ3v) is 3.85. The standard InChI is InChI=1S/C15H24FN3/c1-13(14-5-3-4-6-15(14)16)17-7-8-19-11-9-18(2)10-12-19/h3-6,13,17H,7-12H2,1-2H3/t13-/m1/s1. The number of piperazine rings is 1. The Kier molecular flexibility index (Phi) is 5.31. The van der Waals surface area contributed by atoms with Crippen molar-refractivity contribution >= 4 is 0 Å². The van der Waals surface area contributed by atoms with E-state index >= 15 is 0 Å². The van der Waals surface area contributed by atoms with E-state index in [1.165, 1.54) is 6.07 Å². The number of nitrogens with zero attached hydrogens (tertiary/aromatic N) is 2. The maximum Gasteiger partial charge on any atom is 0.127 e. The monoisotopic (exact) mass is 265 g/mol. The van der Waals surface area contributed by atoms with Crippen LogP contribution in [0.15, 0.2) is 24.3 Å². The van der Waals surface area contributed by atoms with Gasteiger partial charge in [-0.3, -0.25) is 4.90 Å². The van der Waals surface area contributed by atoms with E-state index in [1.807, 2.05) is 19.1 Å². The van der Waals surface area contributed by atoms with Crippen molar-refractivity contribution in [2.75, 3.05) is 46.3 Å². The first kappa shape index (κ1) is 14.4. The largest absolute Gasteiger partial charge is 0.309 e. The molecule has 4 heteroatoms. The molecule has 0 spiro atoms. The van der Waals surface area contributed by atoms with Gasteiger partial charge in [-0.15, -0.1) is 0 Å². The zero-order valence-corrected chi connectivity index (χ0v) is 11.9. The number of hydrogen-bond donors (Lipinski definition) is 1. The van der Waals surface area contributed by atoms with Crippen LogP contribution in [0.3, 0.4) is 0 Å². The van der Waals surface area contributed by atoms with Gasteiger partial charge in [-0.25, -0.2) is 4.39 Å². The number of halogens is 1. The lowest BCUT2D eigenvalue weighted by atomic mass is 10.1. The van der Waals surface area contributed by atoms with Gasteiger partial charge in [-0.2, -0.15) is 0 Å². The molecule has 1 heterocycles. The number of hydrogen-bond acceptors (Lipinski definition) is 3. The molecule has 1 saturated heterocycles. The second kappa shape index (κ2) is 6.98. The van der Waals surface area contributed by atoms with Crippen molar-refractivity contribution in [1.29, 1.82) is 0 Å². The molecule has 0 aliphatic carbocycles. The summed E-state index contributed by atoms with van der Waals surface area (Å²) in [6.07, 6.45) is 0. The lowest BCUT2D eigenvalue weighted by Crippen LogP contribution is -2.46. The second-order valence-corrected chi connectivity index (χ2v) is 5.34. The van der Waals surface area contributed by atoms with Gasteiger partial charge in [0.05, 0.1) is 0 Å². The summed E-state index contributed by atoms with van der Waals surface area (Å²) >= 11 is 0. The predicted octanol–water partition coefficient (Wildman–Crippen LogP) is 1.72. The van der Waals surface area contributed by atoms with Gasteiger partial charge in [0.2, 0.25) is 0 Å². The molecular formula is C15H24FN3. The van der Waals surface area contributed by atoms with Crippen molar-refractivity contribution in [2.45, 2.75) is 13.0 Å². The molecule has 0 aromatic heterocycles. The zero-order chi connectivity index (χ0) is 13.7. The average molecular weight is 265 g/mol. The summed E-state index contributed by atoms with van der Waals surface area (Å²) in [6.45, 7) is 8.50. The molecule has 1 aliphatic rings. The van der Waals surface area contributed by atoms with Gasteiger partial charge in [-0.1, -0.05) is 18.2 Å². The van der Waals surface area contributed by atoms with Crippen LogP contribution in [0.25, 0.3) is 0 Å². The van der Waals surface area contributed by atoms with Crippen molar-refractivity contribution in [3.63, 3.8) is 0 Å². The van der Waals surface area contributed by atoms with E-state index in [0.29, 0.717) is 0 Å². The van der Waals surface area contributed by atoms with Gasteiger partial charge in [0.15, 0.2) is 0 Å². The second-order valence-electron chi connectivity index (χ2n) is 5.34. The van der Waals surface area contributed by atoms with Crippen LogP contribution in [0.2, 0.25) is 0 Å². The molecule has 0 unspecified atom stereocenters. The van der Waals surface area contributed by atoms with E-state index in [0.717, 1.165) is 44.8 Å². The lowest BCUT2D eigenvalue weighted by molar-refractivity contribution is 0.154. The van der Waals surface area contributed by atoms with Crippen LogP contribution >= 0.6 is 0 Å². The third kappa shape index (κ3) is 4.27. The highest BCUT2D eigenvalue weighted by Crippen LogP contribution is 2.15. The van der Waals surface area contributed by atoms with E-state index in [4.69, 9.17) is 0 Å². The average Bonchev–Trinajstić information content (AvgIpc) is 2.41. The van der Waals surface area contributed by atoms with Gasteiger partial charge in [0.1, 0.15) is 5.82 Å². The predicted molar refractivity (Wildman–Crippen MR) is 76.8 cm³/mol. The molecule has 0 bridgehead atoms. The van der Waals surface area contributed by atoms with Crippen molar-refractivity contribution in [3.05, 3.63) is 35.6 Å². The number of benzene rings is 1. The maximum atomic E-state index is 13.6. The Hall–Kier alpha value is -0.970. The Bertz CT molecular complexity index is 389. The summed E-state index contributed by atoms with van der Waals surface area (Å²) in [5, 5.41) is 3.40. The van der Waals surface area contributed by atoms with E-state index < -0.39 is 0 Å². The first-order chi connectivity index (χ1) is 9.16. The normalized spacial score (nSPS) is 19.5. The Morgan fingerprint density at radius 3 is 2.58 bits per heavy atom. The number of likely N-dealkylation sites (N-methyl/N-ethyl adjacent to an activating group) is 1. The molecule has 2 rings (SSSR count). The van der Waals surface area contributed by atoms with Crippen molar-refractivity contribution in [3.8, 4) is 0 Å². The van der Waals surface area contributed by atoms with Crippen molar-refractivity contribution in [1.82, 2.24) is 15.1 Å². The minimum Gasteiger partial charge on any atom is -0.309 e. The highest BCUT2D eigenvalue weighted by molar-refractivity contribution is 5.20. The fourth-order valence-electron chi connectivity index (χ4n) is 2.45. The van der Waals surface area contributed by atoms with Crippen LogP contribution in [0.5, 0.6) is 0 Å². The Morgan fingerprint density at radius 2 is 1.89 bits per heavy atom. The summed E-state index contributed by atoms with van der Waals surface area (Å²) in [5.74, 6) is -0.123. The smallest absolute Gasteiger partial charge is 0.127 e. The molecular weight excluding hydrogens is 241 g/mol. The van der Waals surface area contributed by atoms with Gasteiger partial charge in [-0.05, 0) is 20.0 Å². The van der Waals surface area contributed by atoms with E-state index in [1.54, 1.807) is 6.07 Å². The van der Waals surface area contributed by atoms with Crippen LogP contribution in [0, 0.1) is 5.82 Å². The van der Waals surface area contributed by atoms with Crippen LogP contribution < -0.4 is 5.32 Å². The van der Waals surface area contributed by atoms with Gasteiger partial charge < -0.3 is 10.2 Å². The molecule has 3 nitrogen and oxygen atoms in total. The van der Waals surface area contributed by atoms with Gasteiger partial charge >= 0.3 is 0 Å². The van der Waals surface area contributed by atoms with Crippen molar-refractivity contribution in [2.24, 2.45) is 0 Å². The van der Waals surface area contributed by atoms with Crippen LogP contribution in [0.4, 0.5) is 4.39 Å². The summed E-state index contributed by atoms with van der Waals surface area (Å²) in [7, 11) is 2.16. The Balaban J connectivity index is 1.72. The number of rotatable bonds is 5. The fourth-order valence-corrected chi connectivity index (χ4v) is 2.45. The minimum absolute atomic E-state index is 0.0636. The highest BCUT2D eigenvalue weighted by Gasteiger charge is 2.14. The van der Waals surface area contributed by atoms with E-state index in [2.05, 4.69) is 22.2 Å². The molecule has 0 radical (unpaired) electrons. The summed E-state index contributed by atoms with van der Waals surface area (Å²) < 4.78 is 13.6. The molecule has 1 fully saturated rings. The highest BCUT2D eigenvalue weighted by atomic mass is 19.1. The summed E-state index contributed by atoms with van der Waals surface area (Å²) in [4.78, 5) is 4.81. The van der Waals surface area contributed by atoms with E-state index in [9.17, 15) is 4.39 Å². The Morgan fingerprint density at radius 1 is 1.21 bits per heavy atom. The summed E-state index contributed by atoms with van der Waals surface area (Å²) in [5.41, 5.74) is 0.751. The van der Waals surface area contributed by atoms with Crippen molar-refractivity contribution < 1.29 is 4.39 Å². The first-order valence-corrected chi connectivity index (χ1v) is 7.05. The van der Waals surface area contributed by atoms with Gasteiger partial charge in [0.25, 0.3) is 0 Å². The molecule has 1 aromatic carbocycles. The molecule has 19 heavy (non-hydrogen) atoms. The molecule has 1 aromatic rings. The maximum absolute atomic E-state index is 13.6. The fraction of sp³-hybridized carbons (Fsp3) is 0.600. The first-order valence-electron chi connectivity index (χ1n) is 7.05. The van der Waals surface area contributed by atoms with E-state index in [-0.39, 0.29) is 11.9 Å². The third-order valence-electron chi connectivity index (χ3n) is 3.85. The molecule has 1 atom stereocenters. The van der Waals surface area contributed by atoms with Gasteiger partial charge in [0, 0.05) is 50.9 Å². The quantitative estimate of drug-likeness (QED) is 0.874. The zero-order valence-electron chi connectivity index (χ0n) is 11.9. The molecule has 0 amide bonds. The lowest BCUT2D eigenvalue weighted by Gasteiger charge is -2.32. The minimum atomic E-state index is -0.123. The van der Waals surface area contributed by atoms with Crippen LogP contribution in [-0.2, 0) is 0 Å². The molecule has 1 aliphatic heterocycles. The topological polar surface area (TPSA) is 18.5 Å². The molecule has 0 saturated carbocycles. The molecule has 1 N–H and O–H groups in total.